The predicted octanol–water partition coefficient (Wildman–Crippen LogP) is 6.63. The van der Waals surface area contributed by atoms with Crippen molar-refractivity contribution in [2.24, 2.45) is 5.92 Å². The van der Waals surface area contributed by atoms with E-state index in [9.17, 15) is 9.90 Å². The van der Waals surface area contributed by atoms with Gasteiger partial charge in [-0.15, -0.1) is 0 Å². The molecule has 0 spiro atoms. The Labute approximate surface area is 201 Å². The summed E-state index contributed by atoms with van der Waals surface area (Å²) in [6, 6.07) is 9.79. The molecule has 1 aliphatic rings. The van der Waals surface area contributed by atoms with E-state index in [0.717, 1.165) is 37.0 Å². The number of hydrogen-bond acceptors (Lipinski definition) is 4. The first-order chi connectivity index (χ1) is 15.5. The highest BCUT2D eigenvalue weighted by molar-refractivity contribution is 6.69. The number of aliphatic hydroxyl groups excluding tert-OH is 1. The molecule has 0 bridgehead atoms. The molecule has 0 saturated carbocycles. The summed E-state index contributed by atoms with van der Waals surface area (Å²) in [5.74, 6) is 0.218. The Morgan fingerprint density at radius 1 is 1.15 bits per heavy atom. The van der Waals surface area contributed by atoms with Gasteiger partial charge in [0, 0.05) is 0 Å². The fraction of sp³-hybridized carbons (Fsp3) is 0.536. The first kappa shape index (κ1) is 27.3. The van der Waals surface area contributed by atoms with Crippen molar-refractivity contribution in [3.63, 3.8) is 0 Å². The lowest BCUT2D eigenvalue weighted by atomic mass is 9.81. The molecule has 0 amide bonds. The number of hydrogen-bond donors (Lipinski definition) is 1. The highest BCUT2D eigenvalue weighted by Gasteiger charge is 2.49. The van der Waals surface area contributed by atoms with Gasteiger partial charge in [0.15, 0.2) is 14.1 Å². The first-order valence-corrected chi connectivity index (χ1v) is 15.5. The Balaban J connectivity index is 2.08. The molecule has 182 valence electrons. The molecule has 33 heavy (non-hydrogen) atoms. The minimum absolute atomic E-state index is 0.0466. The molecule has 4 nitrogen and oxygen atoms in total. The van der Waals surface area contributed by atoms with Gasteiger partial charge < -0.3 is 14.3 Å². The second kappa shape index (κ2) is 12.5. The second-order valence-electron chi connectivity index (χ2n) is 10.3. The summed E-state index contributed by atoms with van der Waals surface area (Å²) in [5, 5.41) is 11.1. The van der Waals surface area contributed by atoms with Gasteiger partial charge in [0.25, 0.3) is 0 Å². The molecular weight excluding hydrogens is 428 g/mol. The molecule has 1 aliphatic carbocycles. The molecule has 1 aromatic carbocycles. The summed E-state index contributed by atoms with van der Waals surface area (Å²) in [6.45, 7) is 13.2. The van der Waals surface area contributed by atoms with Crippen LogP contribution in [0, 0.1) is 5.92 Å². The summed E-state index contributed by atoms with van der Waals surface area (Å²) in [4.78, 5) is 12.9. The van der Waals surface area contributed by atoms with E-state index in [4.69, 9.17) is 9.16 Å². The number of carbonyl (C=O) groups excluding carboxylic acids is 1. The largest absolute Gasteiger partial charge is 0.494 e. The third-order valence-corrected chi connectivity index (χ3v) is 6.71. The molecular formula is C28H42O4Si. The second-order valence-corrected chi connectivity index (χ2v) is 14.8. The first-order valence-electron chi connectivity index (χ1n) is 12.1. The zero-order valence-corrected chi connectivity index (χ0v) is 22.3. The van der Waals surface area contributed by atoms with E-state index in [1.165, 1.54) is 5.57 Å². The smallest absolute Gasteiger partial charge is 0.184 e. The van der Waals surface area contributed by atoms with Crippen molar-refractivity contribution in [3.05, 3.63) is 65.8 Å². The van der Waals surface area contributed by atoms with Crippen molar-refractivity contribution in [2.45, 2.75) is 84.2 Å². The molecule has 0 saturated heterocycles. The molecule has 5 heteroatoms. The number of ether oxygens (including phenoxy) is 1. The van der Waals surface area contributed by atoms with E-state index in [-0.39, 0.29) is 5.78 Å². The fourth-order valence-corrected chi connectivity index (χ4v) is 5.79. The van der Waals surface area contributed by atoms with Crippen LogP contribution in [0.15, 0.2) is 65.8 Å². The monoisotopic (exact) mass is 470 g/mol. The quantitative estimate of drug-likeness (QED) is 0.200. The Kier molecular flexibility index (Phi) is 10.3. The Morgan fingerprint density at radius 2 is 1.85 bits per heavy atom. The minimum atomic E-state index is -1.98. The maximum absolute atomic E-state index is 12.9. The lowest BCUT2D eigenvalue weighted by molar-refractivity contribution is -0.126. The van der Waals surface area contributed by atoms with Crippen LogP contribution in [-0.4, -0.2) is 37.5 Å². The molecule has 0 fully saturated rings. The number of carbonyl (C=O) groups is 1. The van der Waals surface area contributed by atoms with Crippen LogP contribution in [0.4, 0.5) is 0 Å². The molecule has 1 aromatic rings. The van der Waals surface area contributed by atoms with Crippen LogP contribution in [0.3, 0.4) is 0 Å². The molecule has 0 aliphatic heterocycles. The number of aliphatic hydroxyl groups is 1. The lowest BCUT2D eigenvalue weighted by Gasteiger charge is -2.40. The van der Waals surface area contributed by atoms with Gasteiger partial charge in [-0.2, -0.15) is 0 Å². The van der Waals surface area contributed by atoms with Crippen molar-refractivity contribution in [2.75, 3.05) is 6.61 Å². The summed E-state index contributed by atoms with van der Waals surface area (Å²) in [6.07, 6.45) is 10.9. The van der Waals surface area contributed by atoms with Gasteiger partial charge in [-0.3, -0.25) is 4.79 Å². The highest BCUT2D eigenvalue weighted by atomic mass is 28.4. The van der Waals surface area contributed by atoms with Crippen molar-refractivity contribution in [1.82, 2.24) is 0 Å². The number of rotatable bonds is 13. The van der Waals surface area contributed by atoms with Crippen molar-refractivity contribution in [3.8, 4) is 5.75 Å². The van der Waals surface area contributed by atoms with Gasteiger partial charge in [0.1, 0.15) is 5.75 Å². The molecule has 2 rings (SSSR count). The fourth-order valence-electron chi connectivity index (χ4n) is 4.36. The number of ketones is 1. The van der Waals surface area contributed by atoms with Gasteiger partial charge in [-0.05, 0) is 96.8 Å². The lowest BCUT2D eigenvalue weighted by Crippen LogP contribution is -2.50. The SMILES string of the molecule is CC(C)=CCCC(C)=CC(O)C1C(=O)C=CC1(CCCCOc1ccccc1)O[Si](C)(C)C. The van der Waals surface area contributed by atoms with Crippen molar-refractivity contribution in [1.29, 1.82) is 0 Å². The summed E-state index contributed by atoms with van der Waals surface area (Å²) in [7, 11) is -1.98. The predicted molar refractivity (Wildman–Crippen MR) is 139 cm³/mol. The van der Waals surface area contributed by atoms with Crippen LogP contribution >= 0.6 is 0 Å². The van der Waals surface area contributed by atoms with Crippen molar-refractivity contribution >= 4 is 14.1 Å². The van der Waals surface area contributed by atoms with E-state index >= 15 is 0 Å². The van der Waals surface area contributed by atoms with Gasteiger partial charge >= 0.3 is 0 Å². The third-order valence-electron chi connectivity index (χ3n) is 5.72. The minimum Gasteiger partial charge on any atom is -0.494 e. The topological polar surface area (TPSA) is 55.8 Å². The average Bonchev–Trinajstić information content (AvgIpc) is 3.02. The zero-order valence-electron chi connectivity index (χ0n) is 21.3. The van der Waals surface area contributed by atoms with Crippen LogP contribution in [-0.2, 0) is 9.22 Å². The highest BCUT2D eigenvalue weighted by Crippen LogP contribution is 2.40. The van der Waals surface area contributed by atoms with Crippen LogP contribution < -0.4 is 4.74 Å². The van der Waals surface area contributed by atoms with Gasteiger partial charge in [-0.1, -0.05) is 41.5 Å². The standard InChI is InChI=1S/C28H42O4Si/c1-22(2)13-12-14-23(3)21-26(30)27-25(29)17-19-28(27,32-33(4,5)6)18-10-11-20-31-24-15-8-7-9-16-24/h7-9,13,15-17,19,21,26-27,30H,10-12,14,18,20H2,1-6H3. The summed E-state index contributed by atoms with van der Waals surface area (Å²) >= 11 is 0. The molecule has 0 radical (unpaired) electrons. The van der Waals surface area contributed by atoms with E-state index < -0.39 is 25.9 Å². The van der Waals surface area contributed by atoms with E-state index in [0.29, 0.717) is 13.0 Å². The van der Waals surface area contributed by atoms with E-state index in [1.807, 2.05) is 49.4 Å². The Morgan fingerprint density at radius 3 is 2.48 bits per heavy atom. The summed E-state index contributed by atoms with van der Waals surface area (Å²) in [5.41, 5.74) is 1.62. The average molecular weight is 471 g/mol. The number of para-hydroxylation sites is 1. The zero-order chi connectivity index (χ0) is 24.5. The molecule has 0 aromatic heterocycles. The van der Waals surface area contributed by atoms with Crippen LogP contribution in [0.5, 0.6) is 5.75 Å². The van der Waals surface area contributed by atoms with Crippen LogP contribution in [0.1, 0.15) is 52.9 Å². The molecule has 3 atom stereocenters. The Hall–Kier alpha value is -1.95. The molecule has 0 heterocycles. The third kappa shape index (κ3) is 9.07. The van der Waals surface area contributed by atoms with Gasteiger partial charge in [0.2, 0.25) is 0 Å². The van der Waals surface area contributed by atoms with Gasteiger partial charge in [-0.25, -0.2) is 0 Å². The Bertz CT molecular complexity index is 846. The number of unbranched alkanes of at least 4 members (excludes halogenated alkanes) is 1. The van der Waals surface area contributed by atoms with E-state index in [2.05, 4.69) is 39.6 Å². The van der Waals surface area contributed by atoms with Crippen LogP contribution in [0.2, 0.25) is 19.6 Å². The van der Waals surface area contributed by atoms with Crippen molar-refractivity contribution < 1.29 is 19.1 Å². The normalized spacial score (nSPS) is 21.8. The van der Waals surface area contributed by atoms with Crippen LogP contribution in [0.25, 0.3) is 0 Å². The van der Waals surface area contributed by atoms with Gasteiger partial charge in [0.05, 0.1) is 24.2 Å². The summed E-state index contributed by atoms with van der Waals surface area (Å²) < 4.78 is 12.5. The number of benzene rings is 1. The maximum atomic E-state index is 12.9. The maximum Gasteiger partial charge on any atom is 0.184 e. The molecule has 3 unspecified atom stereocenters. The van der Waals surface area contributed by atoms with E-state index in [1.54, 1.807) is 6.08 Å². The number of allylic oxidation sites excluding steroid dienone is 4. The molecule has 1 N–H and O–H groups in total.